The van der Waals surface area contributed by atoms with Crippen LogP contribution in [-0.2, 0) is 10.1 Å². The van der Waals surface area contributed by atoms with E-state index in [1.54, 1.807) is 6.07 Å². The molecule has 0 aliphatic rings. The van der Waals surface area contributed by atoms with Gasteiger partial charge in [-0.1, -0.05) is 27.5 Å². The zero-order valence-electron chi connectivity index (χ0n) is 10.2. The predicted octanol–water partition coefficient (Wildman–Crippen LogP) is 4.45. The molecule has 110 valence electrons. The lowest BCUT2D eigenvalue weighted by Crippen LogP contribution is -2.11. The lowest BCUT2D eigenvalue weighted by atomic mass is 10.2. The fourth-order valence-electron chi connectivity index (χ4n) is 1.51. The SMILES string of the molecule is O=Cc1cc(Br)cc(Br)c1OS(=O)(=O)c1ccc(Cl)cc1. The summed E-state index contributed by atoms with van der Waals surface area (Å²) in [4.78, 5) is 11.0. The molecular formula is C13H7Br2ClO4S. The van der Waals surface area contributed by atoms with Crippen molar-refractivity contribution in [3.8, 4) is 5.75 Å². The third-order valence-corrected chi connectivity index (χ3v) is 4.99. The van der Waals surface area contributed by atoms with Crippen LogP contribution < -0.4 is 4.18 Å². The Balaban J connectivity index is 2.46. The molecule has 2 aromatic carbocycles. The first-order valence-corrected chi connectivity index (χ1v) is 8.85. The van der Waals surface area contributed by atoms with Crippen molar-refractivity contribution in [3.05, 3.63) is 55.9 Å². The van der Waals surface area contributed by atoms with Crippen molar-refractivity contribution in [2.45, 2.75) is 4.90 Å². The van der Waals surface area contributed by atoms with Gasteiger partial charge in [0, 0.05) is 9.50 Å². The minimum atomic E-state index is -4.06. The first kappa shape index (κ1) is 16.5. The van der Waals surface area contributed by atoms with Crippen LogP contribution in [0.2, 0.25) is 5.02 Å². The summed E-state index contributed by atoms with van der Waals surface area (Å²) < 4.78 is 30.4. The predicted molar refractivity (Wildman–Crippen MR) is 86.5 cm³/mol. The van der Waals surface area contributed by atoms with Gasteiger partial charge in [0.2, 0.25) is 0 Å². The minimum Gasteiger partial charge on any atom is -0.377 e. The van der Waals surface area contributed by atoms with E-state index in [1.165, 1.54) is 30.3 Å². The lowest BCUT2D eigenvalue weighted by molar-refractivity contribution is 0.112. The van der Waals surface area contributed by atoms with Gasteiger partial charge in [-0.25, -0.2) is 0 Å². The number of carbonyl (C=O) groups is 1. The van der Waals surface area contributed by atoms with Gasteiger partial charge in [-0.2, -0.15) is 8.42 Å². The van der Waals surface area contributed by atoms with Crippen LogP contribution in [0, 0.1) is 0 Å². The molecule has 0 saturated carbocycles. The molecule has 8 heteroatoms. The number of hydrogen-bond donors (Lipinski definition) is 0. The molecule has 0 unspecified atom stereocenters. The summed E-state index contributed by atoms with van der Waals surface area (Å²) in [6.07, 6.45) is 0.516. The fourth-order valence-corrected chi connectivity index (χ4v) is 4.06. The normalized spacial score (nSPS) is 11.2. The maximum Gasteiger partial charge on any atom is 0.339 e. The van der Waals surface area contributed by atoms with Gasteiger partial charge in [0.05, 0.1) is 10.0 Å². The molecule has 0 aliphatic heterocycles. The van der Waals surface area contributed by atoms with Crippen molar-refractivity contribution in [3.63, 3.8) is 0 Å². The van der Waals surface area contributed by atoms with E-state index >= 15 is 0 Å². The highest BCUT2D eigenvalue weighted by Gasteiger charge is 2.21. The van der Waals surface area contributed by atoms with Gasteiger partial charge in [-0.05, 0) is 52.3 Å². The summed E-state index contributed by atoms with van der Waals surface area (Å²) in [5, 5.41) is 0.410. The fraction of sp³-hybridized carbons (Fsp3) is 0. The first-order chi connectivity index (χ1) is 9.83. The Kier molecular flexibility index (Phi) is 5.08. The summed E-state index contributed by atoms with van der Waals surface area (Å²) in [5.41, 5.74) is 0.105. The molecule has 2 rings (SSSR count). The number of halogens is 3. The molecule has 0 atom stereocenters. The summed E-state index contributed by atoms with van der Waals surface area (Å²) in [7, 11) is -4.06. The van der Waals surface area contributed by atoms with Crippen molar-refractivity contribution in [1.29, 1.82) is 0 Å². The first-order valence-electron chi connectivity index (χ1n) is 5.48. The molecule has 0 aromatic heterocycles. The highest BCUT2D eigenvalue weighted by atomic mass is 79.9. The standard InChI is InChI=1S/C13H7Br2ClO4S/c14-9-5-8(7-17)13(12(15)6-9)20-21(18,19)11-3-1-10(16)2-4-11/h1-7H. The topological polar surface area (TPSA) is 60.4 Å². The zero-order chi connectivity index (χ0) is 15.6. The molecule has 0 spiro atoms. The third-order valence-electron chi connectivity index (χ3n) is 2.46. The van der Waals surface area contributed by atoms with Gasteiger partial charge in [0.15, 0.2) is 12.0 Å². The van der Waals surface area contributed by atoms with Crippen LogP contribution in [0.25, 0.3) is 0 Å². The van der Waals surface area contributed by atoms with E-state index < -0.39 is 10.1 Å². The molecule has 21 heavy (non-hydrogen) atoms. The summed E-state index contributed by atoms with van der Waals surface area (Å²) in [5.74, 6) is -0.0665. The van der Waals surface area contributed by atoms with Crippen LogP contribution in [0.15, 0.2) is 50.2 Å². The number of rotatable bonds is 4. The Morgan fingerprint density at radius 1 is 1.10 bits per heavy atom. The second kappa shape index (κ2) is 6.48. The van der Waals surface area contributed by atoms with Gasteiger partial charge in [-0.15, -0.1) is 0 Å². The Bertz CT molecular complexity index is 789. The lowest BCUT2D eigenvalue weighted by Gasteiger charge is -2.11. The number of aldehydes is 1. The number of carbonyl (C=O) groups excluding carboxylic acids is 1. The van der Waals surface area contributed by atoms with E-state index in [0.717, 1.165) is 0 Å². The summed E-state index contributed by atoms with van der Waals surface area (Å²) in [6, 6.07) is 8.57. The van der Waals surface area contributed by atoms with Crippen LogP contribution >= 0.6 is 43.5 Å². The van der Waals surface area contributed by atoms with E-state index in [4.69, 9.17) is 15.8 Å². The molecular weight excluding hydrogens is 447 g/mol. The average Bonchev–Trinajstić information content (AvgIpc) is 2.42. The average molecular weight is 455 g/mol. The van der Waals surface area contributed by atoms with Crippen LogP contribution in [0.5, 0.6) is 5.75 Å². The van der Waals surface area contributed by atoms with E-state index in [9.17, 15) is 13.2 Å². The molecule has 0 aliphatic carbocycles. The molecule has 4 nitrogen and oxygen atoms in total. The van der Waals surface area contributed by atoms with Crippen molar-refractivity contribution >= 4 is 59.9 Å². The van der Waals surface area contributed by atoms with Crippen LogP contribution in [0.3, 0.4) is 0 Å². The van der Waals surface area contributed by atoms with Crippen LogP contribution in [0.1, 0.15) is 10.4 Å². The van der Waals surface area contributed by atoms with E-state index in [0.29, 0.717) is 20.3 Å². The van der Waals surface area contributed by atoms with E-state index in [1.807, 2.05) is 0 Å². The Morgan fingerprint density at radius 3 is 2.29 bits per heavy atom. The zero-order valence-corrected chi connectivity index (χ0v) is 15.0. The number of hydrogen-bond acceptors (Lipinski definition) is 4. The number of benzene rings is 2. The molecule has 0 radical (unpaired) electrons. The monoisotopic (exact) mass is 452 g/mol. The molecule has 0 N–H and O–H groups in total. The Morgan fingerprint density at radius 2 is 1.71 bits per heavy atom. The largest absolute Gasteiger partial charge is 0.377 e. The molecule has 0 heterocycles. The quantitative estimate of drug-likeness (QED) is 0.506. The van der Waals surface area contributed by atoms with Gasteiger partial charge in [0.1, 0.15) is 4.90 Å². The van der Waals surface area contributed by atoms with Crippen molar-refractivity contribution in [1.82, 2.24) is 0 Å². The van der Waals surface area contributed by atoms with Gasteiger partial charge < -0.3 is 4.18 Å². The van der Waals surface area contributed by atoms with Crippen molar-refractivity contribution in [2.75, 3.05) is 0 Å². The summed E-state index contributed by atoms with van der Waals surface area (Å²) in [6.45, 7) is 0. The highest BCUT2D eigenvalue weighted by molar-refractivity contribution is 9.11. The Hall–Kier alpha value is -0.890. The van der Waals surface area contributed by atoms with E-state index in [-0.39, 0.29) is 16.2 Å². The Labute approximate surface area is 143 Å². The molecule has 0 fully saturated rings. The maximum absolute atomic E-state index is 12.2. The molecule has 0 bridgehead atoms. The van der Waals surface area contributed by atoms with Gasteiger partial charge in [0.25, 0.3) is 0 Å². The maximum atomic E-state index is 12.2. The van der Waals surface area contributed by atoms with Gasteiger partial charge in [-0.3, -0.25) is 4.79 Å². The van der Waals surface area contributed by atoms with Crippen LogP contribution in [0.4, 0.5) is 0 Å². The third kappa shape index (κ3) is 3.85. The van der Waals surface area contributed by atoms with Crippen LogP contribution in [-0.4, -0.2) is 14.7 Å². The highest BCUT2D eigenvalue weighted by Crippen LogP contribution is 2.34. The van der Waals surface area contributed by atoms with Crippen molar-refractivity contribution in [2.24, 2.45) is 0 Å². The minimum absolute atomic E-state index is 0.0569. The smallest absolute Gasteiger partial charge is 0.339 e. The van der Waals surface area contributed by atoms with E-state index in [2.05, 4.69) is 31.9 Å². The molecule has 0 amide bonds. The van der Waals surface area contributed by atoms with Crippen molar-refractivity contribution < 1.29 is 17.4 Å². The van der Waals surface area contributed by atoms with Gasteiger partial charge >= 0.3 is 10.1 Å². The molecule has 0 saturated heterocycles. The summed E-state index contributed by atoms with van der Waals surface area (Å²) >= 11 is 12.1. The second-order valence-electron chi connectivity index (χ2n) is 3.92. The molecule has 2 aromatic rings. The second-order valence-corrected chi connectivity index (χ2v) is 7.67.